The predicted molar refractivity (Wildman–Crippen MR) is 70.2 cm³/mol. The van der Waals surface area contributed by atoms with E-state index in [-0.39, 0.29) is 0 Å². The highest BCUT2D eigenvalue weighted by Crippen LogP contribution is 2.21. The maximum Gasteiger partial charge on any atom is 0.261 e. The van der Waals surface area contributed by atoms with Crippen molar-refractivity contribution in [3.63, 3.8) is 0 Å². The third-order valence-corrected chi connectivity index (χ3v) is 3.46. The van der Waals surface area contributed by atoms with Crippen LogP contribution in [0, 0.1) is 6.92 Å². The fourth-order valence-corrected chi connectivity index (χ4v) is 2.61. The Hall–Kier alpha value is -1.83. The first-order valence-electron chi connectivity index (χ1n) is 6.09. The molecule has 2 heteroatoms. The summed E-state index contributed by atoms with van der Waals surface area (Å²) < 4.78 is 4.51. The smallest absolute Gasteiger partial charge is 0.236 e. The topological polar surface area (TPSA) is 8.29 Å². The van der Waals surface area contributed by atoms with Crippen LogP contribution in [0.3, 0.4) is 0 Å². The first kappa shape index (κ1) is 10.3. The molecule has 0 N–H and O–H groups in total. The van der Waals surface area contributed by atoms with Crippen LogP contribution >= 0.6 is 0 Å². The first-order valence-corrected chi connectivity index (χ1v) is 6.09. The van der Waals surface area contributed by atoms with E-state index >= 15 is 0 Å². The average Bonchev–Trinajstić information content (AvgIpc) is 2.65. The number of benzene rings is 1. The second kappa shape index (κ2) is 3.59. The van der Waals surface area contributed by atoms with Gasteiger partial charge >= 0.3 is 0 Å². The molecule has 3 rings (SSSR count). The molecule has 0 amide bonds. The minimum atomic E-state index is 1.04. The molecule has 2 nitrogen and oxygen atoms in total. The molecule has 0 aliphatic rings. The van der Waals surface area contributed by atoms with Gasteiger partial charge < -0.3 is 0 Å². The molecule has 0 saturated carbocycles. The second-order valence-electron chi connectivity index (χ2n) is 4.67. The number of rotatable bonds is 1. The summed E-state index contributed by atoms with van der Waals surface area (Å²) in [6, 6.07) is 8.83. The summed E-state index contributed by atoms with van der Waals surface area (Å²) in [6.45, 7) is 4.34. The number of aromatic nitrogens is 2. The number of hydrogen-bond acceptors (Lipinski definition) is 0. The van der Waals surface area contributed by atoms with Gasteiger partial charge in [-0.25, -0.2) is 4.57 Å². The molecule has 1 aromatic carbocycles. The van der Waals surface area contributed by atoms with Crippen LogP contribution in [0.4, 0.5) is 0 Å². The zero-order chi connectivity index (χ0) is 12.0. The van der Waals surface area contributed by atoms with E-state index in [1.807, 2.05) is 0 Å². The molecule has 3 aromatic rings. The van der Waals surface area contributed by atoms with Gasteiger partial charge in [0.15, 0.2) is 5.52 Å². The van der Waals surface area contributed by atoms with Crippen LogP contribution in [-0.2, 0) is 13.5 Å². The van der Waals surface area contributed by atoms with E-state index in [2.05, 4.69) is 66.5 Å². The summed E-state index contributed by atoms with van der Waals surface area (Å²) in [6.07, 6.45) is 5.44. The Labute approximate surface area is 101 Å². The zero-order valence-electron chi connectivity index (χ0n) is 10.6. The van der Waals surface area contributed by atoms with Crippen LogP contribution in [0.5, 0.6) is 0 Å². The van der Waals surface area contributed by atoms with Crippen molar-refractivity contribution in [2.24, 2.45) is 7.05 Å². The molecule has 17 heavy (non-hydrogen) atoms. The molecule has 0 bridgehead atoms. The Kier molecular flexibility index (Phi) is 2.18. The third-order valence-electron chi connectivity index (χ3n) is 3.46. The molecular formula is C15H17N2+. The summed E-state index contributed by atoms with van der Waals surface area (Å²) >= 11 is 0. The number of fused-ring (bicyclic) bond motifs is 3. The van der Waals surface area contributed by atoms with Crippen LogP contribution in [-0.4, -0.2) is 4.40 Å². The van der Waals surface area contributed by atoms with Gasteiger partial charge in [-0.15, -0.1) is 0 Å². The van der Waals surface area contributed by atoms with Gasteiger partial charge in [0.05, 0.1) is 13.2 Å². The number of pyridine rings is 1. The molecule has 2 aromatic heterocycles. The highest BCUT2D eigenvalue weighted by atomic mass is 15.1. The molecule has 86 valence electrons. The maximum atomic E-state index is 2.29. The standard InChI is InChI=1S/C15H17N2/c1-4-15-16(3)10-14-13-9-11(2)5-6-12(13)7-8-17(14)15/h5-10H,4H2,1-3H3/q+1. The van der Waals surface area contributed by atoms with Crippen molar-refractivity contribution < 1.29 is 4.57 Å². The van der Waals surface area contributed by atoms with Crippen molar-refractivity contribution in [1.82, 2.24) is 4.40 Å². The molecule has 0 saturated heterocycles. The molecule has 0 fully saturated rings. The molecule has 0 unspecified atom stereocenters. The van der Waals surface area contributed by atoms with E-state index in [1.165, 1.54) is 27.7 Å². The van der Waals surface area contributed by atoms with E-state index < -0.39 is 0 Å². The van der Waals surface area contributed by atoms with Crippen molar-refractivity contribution in [3.05, 3.63) is 48.0 Å². The van der Waals surface area contributed by atoms with Crippen LogP contribution < -0.4 is 4.57 Å². The summed E-state index contributed by atoms with van der Waals surface area (Å²) in [4.78, 5) is 0. The molecule has 2 heterocycles. The number of hydrogen-bond donors (Lipinski definition) is 0. The summed E-state index contributed by atoms with van der Waals surface area (Å²) in [5, 5.41) is 2.65. The SMILES string of the molecule is CCc1n2ccc3ccc(C)cc3c2c[n+]1C. The van der Waals surface area contributed by atoms with E-state index in [4.69, 9.17) is 0 Å². The maximum absolute atomic E-state index is 2.29. The van der Waals surface area contributed by atoms with Gasteiger partial charge in [-0.1, -0.05) is 24.6 Å². The van der Waals surface area contributed by atoms with Gasteiger partial charge in [-0.05, 0) is 24.4 Å². The molecular weight excluding hydrogens is 208 g/mol. The van der Waals surface area contributed by atoms with Crippen LogP contribution in [0.1, 0.15) is 18.3 Å². The lowest BCUT2D eigenvalue weighted by molar-refractivity contribution is -0.677. The molecule has 0 radical (unpaired) electrons. The van der Waals surface area contributed by atoms with Gasteiger partial charge in [-0.3, -0.25) is 0 Å². The Morgan fingerprint density at radius 3 is 2.82 bits per heavy atom. The predicted octanol–water partition coefficient (Wildman–Crippen LogP) is 2.79. The fraction of sp³-hybridized carbons (Fsp3) is 0.267. The van der Waals surface area contributed by atoms with Gasteiger partial charge in [0.25, 0.3) is 5.82 Å². The summed E-state index contributed by atoms with van der Waals surface area (Å²) in [5.41, 5.74) is 2.61. The van der Waals surface area contributed by atoms with Crippen molar-refractivity contribution >= 4 is 16.3 Å². The van der Waals surface area contributed by atoms with Gasteiger partial charge in [0, 0.05) is 11.8 Å². The normalized spacial score (nSPS) is 11.5. The lowest BCUT2D eigenvalue weighted by Crippen LogP contribution is -2.30. The second-order valence-corrected chi connectivity index (χ2v) is 4.67. The van der Waals surface area contributed by atoms with E-state index in [9.17, 15) is 0 Å². The molecule has 0 atom stereocenters. The minimum absolute atomic E-state index is 1.04. The van der Waals surface area contributed by atoms with Crippen molar-refractivity contribution in [3.8, 4) is 0 Å². The number of imidazole rings is 1. The Morgan fingerprint density at radius 1 is 1.24 bits per heavy atom. The first-order chi connectivity index (χ1) is 8.20. The van der Waals surface area contributed by atoms with E-state index in [1.54, 1.807) is 0 Å². The van der Waals surface area contributed by atoms with Crippen LogP contribution in [0.25, 0.3) is 16.3 Å². The number of nitrogens with zero attached hydrogens (tertiary/aromatic N) is 2. The van der Waals surface area contributed by atoms with E-state index in [0.29, 0.717) is 0 Å². The summed E-state index contributed by atoms with van der Waals surface area (Å²) in [7, 11) is 2.12. The number of aryl methyl sites for hydroxylation is 3. The van der Waals surface area contributed by atoms with Crippen LogP contribution in [0.2, 0.25) is 0 Å². The Balaban J connectivity index is 2.51. The van der Waals surface area contributed by atoms with Crippen molar-refractivity contribution in [2.75, 3.05) is 0 Å². The largest absolute Gasteiger partial charge is 0.261 e. The zero-order valence-corrected chi connectivity index (χ0v) is 10.6. The van der Waals surface area contributed by atoms with E-state index in [0.717, 1.165) is 6.42 Å². The molecule has 0 aliphatic heterocycles. The van der Waals surface area contributed by atoms with Gasteiger partial charge in [0.1, 0.15) is 6.20 Å². The monoisotopic (exact) mass is 225 g/mol. The lowest BCUT2D eigenvalue weighted by Gasteiger charge is -1.99. The highest BCUT2D eigenvalue weighted by molar-refractivity contribution is 5.95. The van der Waals surface area contributed by atoms with Gasteiger partial charge in [-0.2, -0.15) is 4.40 Å². The highest BCUT2D eigenvalue weighted by Gasteiger charge is 2.15. The Bertz CT molecular complexity index is 708. The quantitative estimate of drug-likeness (QED) is 0.563. The van der Waals surface area contributed by atoms with Crippen molar-refractivity contribution in [2.45, 2.75) is 20.3 Å². The molecule has 0 spiro atoms. The lowest BCUT2D eigenvalue weighted by atomic mass is 10.1. The average molecular weight is 225 g/mol. The molecule has 0 aliphatic carbocycles. The third kappa shape index (κ3) is 1.44. The Morgan fingerprint density at radius 2 is 2.06 bits per heavy atom. The van der Waals surface area contributed by atoms with Crippen molar-refractivity contribution in [1.29, 1.82) is 0 Å². The fourth-order valence-electron chi connectivity index (χ4n) is 2.61. The van der Waals surface area contributed by atoms with Gasteiger partial charge in [0.2, 0.25) is 0 Å². The van der Waals surface area contributed by atoms with Crippen LogP contribution in [0.15, 0.2) is 36.7 Å². The summed E-state index contributed by atoms with van der Waals surface area (Å²) in [5.74, 6) is 1.34. The minimum Gasteiger partial charge on any atom is -0.236 e.